The van der Waals surface area contributed by atoms with Gasteiger partial charge in [0.25, 0.3) is 5.56 Å². The van der Waals surface area contributed by atoms with Crippen LogP contribution in [0.2, 0.25) is 0 Å². The van der Waals surface area contributed by atoms with Gasteiger partial charge in [0.1, 0.15) is 6.04 Å². The van der Waals surface area contributed by atoms with E-state index in [0.717, 1.165) is 28.8 Å². The highest BCUT2D eigenvalue weighted by molar-refractivity contribution is 5.86. The van der Waals surface area contributed by atoms with Gasteiger partial charge in [-0.25, -0.2) is 0 Å². The molecule has 11 nitrogen and oxygen atoms in total. The minimum Gasteiger partial charge on any atom is -0.493 e. The van der Waals surface area contributed by atoms with Crippen LogP contribution in [0.15, 0.2) is 52.1 Å². The van der Waals surface area contributed by atoms with E-state index in [0.29, 0.717) is 55.3 Å². The molecule has 254 valence electrons. The van der Waals surface area contributed by atoms with E-state index in [2.05, 4.69) is 10.6 Å². The van der Waals surface area contributed by atoms with Crippen molar-refractivity contribution in [2.24, 2.45) is 11.8 Å². The van der Waals surface area contributed by atoms with Gasteiger partial charge in [0.05, 0.1) is 33.1 Å². The number of carbonyl (C=O) groups excluding carboxylic acids is 2. The van der Waals surface area contributed by atoms with E-state index in [1.165, 1.54) is 6.92 Å². The van der Waals surface area contributed by atoms with Crippen LogP contribution in [-0.4, -0.2) is 61.7 Å². The molecule has 2 aliphatic heterocycles. The molecule has 3 aliphatic rings. The molecule has 0 saturated carbocycles. The Morgan fingerprint density at radius 1 is 0.938 bits per heavy atom. The van der Waals surface area contributed by atoms with Gasteiger partial charge in [-0.3, -0.25) is 19.2 Å². The number of aromatic nitrogens is 1. The van der Waals surface area contributed by atoms with Crippen LogP contribution in [0.3, 0.4) is 0 Å². The number of nitrogens with one attached hydrogen (secondary N) is 2. The van der Waals surface area contributed by atoms with Crippen LogP contribution in [0.4, 0.5) is 5.69 Å². The molecule has 4 atom stereocenters. The number of ether oxygens (including phenoxy) is 3. The summed E-state index contributed by atoms with van der Waals surface area (Å²) >= 11 is 0. The molecule has 48 heavy (non-hydrogen) atoms. The molecule has 3 heterocycles. The number of aryl methyl sites for hydroxylation is 1. The molecule has 1 aromatic heterocycles. The molecule has 11 heteroatoms. The van der Waals surface area contributed by atoms with E-state index >= 15 is 0 Å². The maximum absolute atomic E-state index is 14.2. The molecule has 6 rings (SSSR count). The van der Waals surface area contributed by atoms with Gasteiger partial charge in [0.15, 0.2) is 11.5 Å². The Balaban J connectivity index is 1.39. The topological polar surface area (TPSA) is 128 Å². The minimum atomic E-state index is -0.658. The monoisotopic (exact) mass is 656 g/mol. The Morgan fingerprint density at radius 3 is 2.40 bits per heavy atom. The third kappa shape index (κ3) is 6.02. The molecular weight excluding hydrogens is 612 g/mol. The lowest BCUT2D eigenvalue weighted by Gasteiger charge is -2.44. The van der Waals surface area contributed by atoms with E-state index in [4.69, 9.17) is 14.2 Å². The summed E-state index contributed by atoms with van der Waals surface area (Å²) in [5, 5.41) is 6.36. The van der Waals surface area contributed by atoms with E-state index < -0.39 is 12.1 Å². The van der Waals surface area contributed by atoms with Crippen molar-refractivity contribution < 1.29 is 23.8 Å². The second kappa shape index (κ2) is 13.4. The number of fused-ring (bicyclic) bond motifs is 7. The molecule has 0 radical (unpaired) electrons. The first-order chi connectivity index (χ1) is 23.0. The largest absolute Gasteiger partial charge is 0.493 e. The van der Waals surface area contributed by atoms with Gasteiger partial charge >= 0.3 is 0 Å². The molecule has 0 spiro atoms. The number of likely N-dealkylation sites (tertiary alicyclic amines) is 1. The Labute approximate surface area is 280 Å². The Morgan fingerprint density at radius 2 is 1.71 bits per heavy atom. The fourth-order valence-electron chi connectivity index (χ4n) is 7.78. The molecule has 1 saturated heterocycles. The lowest BCUT2D eigenvalue weighted by molar-refractivity contribution is -0.135. The highest BCUT2D eigenvalue weighted by Crippen LogP contribution is 2.50. The molecule has 2 aromatic carbocycles. The highest BCUT2D eigenvalue weighted by atomic mass is 16.5. The molecule has 0 unspecified atom stereocenters. The van der Waals surface area contributed by atoms with Gasteiger partial charge in [-0.15, -0.1) is 0 Å². The summed E-state index contributed by atoms with van der Waals surface area (Å²) in [5.41, 5.74) is 4.02. The molecule has 2 bridgehead atoms. The van der Waals surface area contributed by atoms with Crippen molar-refractivity contribution in [1.82, 2.24) is 14.8 Å². The number of amides is 2. The first kappa shape index (κ1) is 33.1. The fraction of sp³-hybridized carbons (Fsp3) is 0.459. The summed E-state index contributed by atoms with van der Waals surface area (Å²) in [4.78, 5) is 55.0. The van der Waals surface area contributed by atoms with Crippen LogP contribution >= 0.6 is 0 Å². The van der Waals surface area contributed by atoms with Crippen molar-refractivity contribution in [2.75, 3.05) is 39.7 Å². The number of piperidine rings is 1. The zero-order chi connectivity index (χ0) is 34.3. The van der Waals surface area contributed by atoms with Gasteiger partial charge in [-0.1, -0.05) is 26.0 Å². The predicted molar refractivity (Wildman–Crippen MR) is 183 cm³/mol. The van der Waals surface area contributed by atoms with Gasteiger partial charge in [-0.05, 0) is 72.1 Å². The van der Waals surface area contributed by atoms with Crippen molar-refractivity contribution >= 4 is 17.5 Å². The number of anilines is 1. The Hall–Kier alpha value is -4.80. The lowest BCUT2D eigenvalue weighted by Crippen LogP contribution is -2.54. The first-order valence-electron chi connectivity index (χ1n) is 16.6. The third-order valence-electron chi connectivity index (χ3n) is 9.95. The first-order valence-corrected chi connectivity index (χ1v) is 16.6. The average molecular weight is 657 g/mol. The number of nitrogens with zero attached hydrogens (tertiary/aromatic N) is 2. The SMILES string of the molecule is COc1cc2c(c(OC)c1OC)-c1ccc(N[C@H](C(=O)N3C[C@H]4C[C@@H](C3)c3cccc(=O)n3C4)C(C)C)c(=O)cc1[C@@H](NC(C)=O)CC2. The summed E-state index contributed by atoms with van der Waals surface area (Å²) < 4.78 is 19.1. The normalized spacial score (nSPS) is 20.0. The zero-order valence-corrected chi connectivity index (χ0v) is 28.4. The lowest BCUT2D eigenvalue weighted by atomic mass is 9.82. The van der Waals surface area contributed by atoms with Crippen molar-refractivity contribution in [2.45, 2.75) is 64.6 Å². The number of pyridine rings is 1. The van der Waals surface area contributed by atoms with Crippen LogP contribution in [-0.2, 0) is 22.6 Å². The van der Waals surface area contributed by atoms with Crippen LogP contribution in [0.25, 0.3) is 11.1 Å². The highest BCUT2D eigenvalue weighted by Gasteiger charge is 2.39. The molecule has 1 aliphatic carbocycles. The smallest absolute Gasteiger partial charge is 0.250 e. The van der Waals surface area contributed by atoms with Crippen LogP contribution in [0.5, 0.6) is 17.2 Å². The van der Waals surface area contributed by atoms with E-state index in [1.807, 2.05) is 41.5 Å². The van der Waals surface area contributed by atoms with Crippen molar-refractivity contribution in [3.8, 4) is 28.4 Å². The predicted octanol–water partition coefficient (Wildman–Crippen LogP) is 4.11. The van der Waals surface area contributed by atoms with Crippen LogP contribution in [0, 0.1) is 11.8 Å². The zero-order valence-electron chi connectivity index (χ0n) is 28.4. The standard InChI is InChI=1S/C37H44N4O7/c1-20(2)34(37(45)40-17-22-14-24(19-40)29-8-7-9-32(44)41(29)18-22)39-28-13-11-25-26(16-30(28)43)27(38-21(3)42)12-10-23-15-31(46-4)35(47-5)36(48-6)33(23)25/h7-9,11,13,15-16,20,22,24,27,34H,10,12,14,17-19H2,1-6H3,(H,38,42)(H,39,43)/t22-,24+,27+,34+/m1/s1. The number of hydrogen-bond acceptors (Lipinski definition) is 8. The second-order valence-electron chi connectivity index (χ2n) is 13.4. The van der Waals surface area contributed by atoms with Crippen LogP contribution in [0.1, 0.15) is 62.4 Å². The van der Waals surface area contributed by atoms with Crippen molar-refractivity contribution in [3.05, 3.63) is 79.9 Å². The molecule has 2 amide bonds. The summed E-state index contributed by atoms with van der Waals surface area (Å²) in [6, 6.07) is 11.3. The van der Waals surface area contributed by atoms with Crippen molar-refractivity contribution in [1.29, 1.82) is 0 Å². The average Bonchev–Trinajstić information content (AvgIpc) is 3.30. The van der Waals surface area contributed by atoms with Gasteiger partial charge in [0, 0.05) is 49.8 Å². The summed E-state index contributed by atoms with van der Waals surface area (Å²) in [7, 11) is 4.68. The number of benzene rings is 1. The number of methoxy groups -OCH3 is 3. The second-order valence-corrected chi connectivity index (χ2v) is 13.4. The van der Waals surface area contributed by atoms with E-state index in [9.17, 15) is 19.2 Å². The molecule has 1 fully saturated rings. The molecule has 3 aromatic rings. The quantitative estimate of drug-likeness (QED) is 0.371. The molecule has 2 N–H and O–H groups in total. The van der Waals surface area contributed by atoms with Gasteiger partial charge in [0.2, 0.25) is 23.0 Å². The van der Waals surface area contributed by atoms with Crippen molar-refractivity contribution in [3.63, 3.8) is 0 Å². The Kier molecular flexibility index (Phi) is 9.22. The number of hydrogen-bond donors (Lipinski definition) is 2. The van der Waals surface area contributed by atoms with Crippen LogP contribution < -0.4 is 35.8 Å². The van der Waals surface area contributed by atoms with Gasteiger partial charge < -0.3 is 34.3 Å². The maximum Gasteiger partial charge on any atom is 0.250 e. The maximum atomic E-state index is 14.2. The summed E-state index contributed by atoms with van der Waals surface area (Å²) in [5.74, 6) is 1.29. The van der Waals surface area contributed by atoms with Gasteiger partial charge in [-0.2, -0.15) is 0 Å². The summed E-state index contributed by atoms with van der Waals surface area (Å²) in [6.07, 6.45) is 2.08. The minimum absolute atomic E-state index is 0.000546. The van der Waals surface area contributed by atoms with E-state index in [1.54, 1.807) is 45.6 Å². The fourth-order valence-corrected chi connectivity index (χ4v) is 7.78. The number of carbonyl (C=O) groups is 2. The van der Waals surface area contributed by atoms with E-state index in [-0.39, 0.29) is 46.2 Å². The summed E-state index contributed by atoms with van der Waals surface area (Å²) in [6.45, 7) is 7.06. The Bertz CT molecular complexity index is 1870. The molecular formula is C37H44N4O7. The number of rotatable bonds is 8. The third-order valence-corrected chi connectivity index (χ3v) is 9.95.